The van der Waals surface area contributed by atoms with E-state index in [1.165, 1.54) is 11.1 Å². The number of aryl methyl sites for hydroxylation is 1. The SMILES string of the molecule is CCc1ccc(-n2nc(-c3cccc(OC)c3)c3c2NCC3)cc1. The summed E-state index contributed by atoms with van der Waals surface area (Å²) in [6.45, 7) is 3.13. The maximum Gasteiger partial charge on any atom is 0.133 e. The van der Waals surface area contributed by atoms with Gasteiger partial charge in [-0.1, -0.05) is 31.2 Å². The molecule has 122 valence electrons. The molecule has 1 aromatic heterocycles. The van der Waals surface area contributed by atoms with Crippen LogP contribution in [0.2, 0.25) is 0 Å². The lowest BCUT2D eigenvalue weighted by atomic mass is 10.1. The molecule has 4 heteroatoms. The van der Waals surface area contributed by atoms with Crippen molar-refractivity contribution in [3.05, 3.63) is 59.7 Å². The Hall–Kier alpha value is -2.75. The summed E-state index contributed by atoms with van der Waals surface area (Å²) in [6.07, 6.45) is 2.04. The lowest BCUT2D eigenvalue weighted by Gasteiger charge is -2.07. The van der Waals surface area contributed by atoms with Gasteiger partial charge in [-0.25, -0.2) is 4.68 Å². The predicted octanol–water partition coefficient (Wildman–Crippen LogP) is 4.08. The van der Waals surface area contributed by atoms with Crippen LogP contribution in [0.5, 0.6) is 5.75 Å². The van der Waals surface area contributed by atoms with E-state index in [0.717, 1.165) is 47.9 Å². The van der Waals surface area contributed by atoms with Crippen molar-refractivity contribution in [1.82, 2.24) is 9.78 Å². The number of nitrogens with zero attached hydrogens (tertiary/aromatic N) is 2. The van der Waals surface area contributed by atoms with Crippen molar-refractivity contribution in [3.8, 4) is 22.7 Å². The van der Waals surface area contributed by atoms with Crippen molar-refractivity contribution in [1.29, 1.82) is 0 Å². The number of anilines is 1. The number of methoxy groups -OCH3 is 1. The Morgan fingerprint density at radius 3 is 2.75 bits per heavy atom. The predicted molar refractivity (Wildman–Crippen MR) is 97.1 cm³/mol. The molecule has 1 aliphatic rings. The van der Waals surface area contributed by atoms with Gasteiger partial charge < -0.3 is 10.1 Å². The number of hydrogen-bond acceptors (Lipinski definition) is 3. The standard InChI is InChI=1S/C20H21N3O/c1-3-14-7-9-16(10-8-14)23-20-18(11-12-21-20)19(22-23)15-5-4-6-17(13-15)24-2/h4-10,13,21H,3,11-12H2,1-2H3. The second kappa shape index (κ2) is 6.04. The monoisotopic (exact) mass is 319 g/mol. The maximum atomic E-state index is 5.36. The van der Waals surface area contributed by atoms with Gasteiger partial charge in [-0.15, -0.1) is 0 Å². The van der Waals surface area contributed by atoms with Crippen LogP contribution in [-0.2, 0) is 12.8 Å². The normalized spacial score (nSPS) is 12.8. The molecule has 0 radical (unpaired) electrons. The molecule has 2 aromatic carbocycles. The van der Waals surface area contributed by atoms with Gasteiger partial charge >= 0.3 is 0 Å². The Kier molecular flexibility index (Phi) is 3.73. The van der Waals surface area contributed by atoms with Gasteiger partial charge in [0.2, 0.25) is 0 Å². The Bertz CT molecular complexity index is 865. The van der Waals surface area contributed by atoms with Gasteiger partial charge in [-0.05, 0) is 42.7 Å². The van der Waals surface area contributed by atoms with Crippen LogP contribution in [0.15, 0.2) is 48.5 Å². The summed E-state index contributed by atoms with van der Waals surface area (Å²) in [5.41, 5.74) is 5.84. The molecule has 24 heavy (non-hydrogen) atoms. The molecule has 0 unspecified atom stereocenters. The van der Waals surface area contributed by atoms with Crippen LogP contribution in [0.1, 0.15) is 18.1 Å². The van der Waals surface area contributed by atoms with E-state index in [0.29, 0.717) is 0 Å². The zero-order chi connectivity index (χ0) is 16.5. The summed E-state index contributed by atoms with van der Waals surface area (Å²) < 4.78 is 7.39. The van der Waals surface area contributed by atoms with Gasteiger partial charge in [0.15, 0.2) is 0 Å². The van der Waals surface area contributed by atoms with E-state index >= 15 is 0 Å². The Morgan fingerprint density at radius 1 is 1.17 bits per heavy atom. The second-order valence-electron chi connectivity index (χ2n) is 6.02. The molecule has 3 aromatic rings. The zero-order valence-corrected chi connectivity index (χ0v) is 14.0. The van der Waals surface area contributed by atoms with Crippen molar-refractivity contribution >= 4 is 5.82 Å². The van der Waals surface area contributed by atoms with Crippen LogP contribution < -0.4 is 10.1 Å². The molecule has 4 rings (SSSR count). The molecule has 0 atom stereocenters. The number of nitrogens with one attached hydrogen (secondary N) is 1. The summed E-state index contributed by atoms with van der Waals surface area (Å²) in [5.74, 6) is 1.96. The zero-order valence-electron chi connectivity index (χ0n) is 14.0. The van der Waals surface area contributed by atoms with Crippen LogP contribution in [0.3, 0.4) is 0 Å². The van der Waals surface area contributed by atoms with E-state index in [1.54, 1.807) is 7.11 Å². The fourth-order valence-electron chi connectivity index (χ4n) is 3.24. The highest BCUT2D eigenvalue weighted by atomic mass is 16.5. The molecule has 0 spiro atoms. The highest BCUT2D eigenvalue weighted by Gasteiger charge is 2.24. The number of rotatable bonds is 4. The molecule has 0 saturated carbocycles. The summed E-state index contributed by atoms with van der Waals surface area (Å²) in [7, 11) is 1.69. The third-order valence-corrected chi connectivity index (χ3v) is 4.58. The third-order valence-electron chi connectivity index (χ3n) is 4.58. The van der Waals surface area contributed by atoms with Gasteiger partial charge in [-0.3, -0.25) is 0 Å². The minimum atomic E-state index is 0.856. The molecular weight excluding hydrogens is 298 g/mol. The largest absolute Gasteiger partial charge is 0.497 e. The summed E-state index contributed by atoms with van der Waals surface area (Å²) >= 11 is 0. The molecule has 4 nitrogen and oxygen atoms in total. The van der Waals surface area contributed by atoms with Crippen LogP contribution in [-0.4, -0.2) is 23.4 Å². The van der Waals surface area contributed by atoms with Crippen LogP contribution in [0.25, 0.3) is 16.9 Å². The Labute approximate surface area is 142 Å². The summed E-state index contributed by atoms with van der Waals surface area (Å²) in [6, 6.07) is 16.7. The average Bonchev–Trinajstić information content (AvgIpc) is 3.24. The van der Waals surface area contributed by atoms with Crippen LogP contribution in [0, 0.1) is 0 Å². The Morgan fingerprint density at radius 2 is 2.00 bits per heavy atom. The molecule has 1 N–H and O–H groups in total. The molecule has 0 fully saturated rings. The van der Waals surface area contributed by atoms with Crippen molar-refractivity contribution in [3.63, 3.8) is 0 Å². The van der Waals surface area contributed by atoms with Gasteiger partial charge in [0, 0.05) is 17.7 Å². The van der Waals surface area contributed by atoms with E-state index in [9.17, 15) is 0 Å². The molecule has 0 saturated heterocycles. The summed E-state index contributed by atoms with van der Waals surface area (Å²) in [5, 5.41) is 8.39. The third kappa shape index (κ3) is 2.44. The first kappa shape index (κ1) is 14.8. The lowest BCUT2D eigenvalue weighted by molar-refractivity contribution is 0.415. The topological polar surface area (TPSA) is 39.1 Å². The smallest absolute Gasteiger partial charge is 0.133 e. The first-order valence-corrected chi connectivity index (χ1v) is 8.39. The minimum absolute atomic E-state index is 0.856. The Balaban J connectivity index is 1.82. The molecule has 0 aliphatic carbocycles. The van der Waals surface area contributed by atoms with E-state index in [1.807, 2.05) is 22.9 Å². The number of ether oxygens (including phenoxy) is 1. The van der Waals surface area contributed by atoms with E-state index in [2.05, 4.69) is 42.6 Å². The second-order valence-corrected chi connectivity index (χ2v) is 6.02. The van der Waals surface area contributed by atoms with Crippen LogP contribution in [0.4, 0.5) is 5.82 Å². The lowest BCUT2D eigenvalue weighted by Crippen LogP contribution is -2.04. The van der Waals surface area contributed by atoms with Gasteiger partial charge in [0.25, 0.3) is 0 Å². The number of aromatic nitrogens is 2. The number of benzene rings is 2. The van der Waals surface area contributed by atoms with Gasteiger partial charge in [0.05, 0.1) is 18.5 Å². The fourth-order valence-corrected chi connectivity index (χ4v) is 3.24. The first-order valence-electron chi connectivity index (χ1n) is 8.39. The van der Waals surface area contributed by atoms with Gasteiger partial charge in [-0.2, -0.15) is 5.10 Å². The molecule has 0 bridgehead atoms. The quantitative estimate of drug-likeness (QED) is 0.787. The number of fused-ring (bicyclic) bond motifs is 1. The highest BCUT2D eigenvalue weighted by molar-refractivity contribution is 5.73. The van der Waals surface area contributed by atoms with Crippen LogP contribution >= 0.6 is 0 Å². The molecule has 1 aliphatic heterocycles. The van der Waals surface area contributed by atoms with Crippen molar-refractivity contribution in [2.75, 3.05) is 19.0 Å². The highest BCUT2D eigenvalue weighted by Crippen LogP contribution is 2.35. The van der Waals surface area contributed by atoms with E-state index < -0.39 is 0 Å². The maximum absolute atomic E-state index is 5.36. The fraction of sp³-hybridized carbons (Fsp3) is 0.250. The minimum Gasteiger partial charge on any atom is -0.497 e. The molecule has 2 heterocycles. The average molecular weight is 319 g/mol. The van der Waals surface area contributed by atoms with Crippen molar-refractivity contribution in [2.45, 2.75) is 19.8 Å². The van der Waals surface area contributed by atoms with Crippen molar-refractivity contribution < 1.29 is 4.74 Å². The first-order chi connectivity index (χ1) is 11.8. The van der Waals surface area contributed by atoms with Crippen molar-refractivity contribution in [2.24, 2.45) is 0 Å². The molecule has 0 amide bonds. The van der Waals surface area contributed by atoms with E-state index in [4.69, 9.17) is 9.84 Å². The number of hydrogen-bond donors (Lipinski definition) is 1. The molecular formula is C20H21N3O. The van der Waals surface area contributed by atoms with E-state index in [-0.39, 0.29) is 0 Å². The van der Waals surface area contributed by atoms with Gasteiger partial charge in [0.1, 0.15) is 11.6 Å². The summed E-state index contributed by atoms with van der Waals surface area (Å²) in [4.78, 5) is 0.